The number of nitrogens with zero attached hydrogens (tertiary/aromatic N) is 1. The zero-order valence-electron chi connectivity index (χ0n) is 14.2. The first-order valence-corrected chi connectivity index (χ1v) is 8.04. The van der Waals surface area contributed by atoms with E-state index in [1.807, 2.05) is 20.8 Å². The maximum atomic E-state index is 12.5. The van der Waals surface area contributed by atoms with E-state index in [1.54, 1.807) is 11.8 Å². The SMILES string of the molecule is CCc1oc(C(=O)N2CCC(OC(C)(C)C)CC2)cc1C(=O)O. The lowest BCUT2D eigenvalue weighted by Gasteiger charge is -2.35. The van der Waals surface area contributed by atoms with Crippen LogP contribution in [-0.4, -0.2) is 46.7 Å². The van der Waals surface area contributed by atoms with Crippen molar-refractivity contribution in [1.29, 1.82) is 0 Å². The van der Waals surface area contributed by atoms with Crippen LogP contribution in [0.5, 0.6) is 0 Å². The minimum absolute atomic E-state index is 0.0711. The average molecular weight is 323 g/mol. The molecule has 0 saturated carbocycles. The predicted molar refractivity (Wildman–Crippen MR) is 84.8 cm³/mol. The number of hydrogen-bond acceptors (Lipinski definition) is 4. The van der Waals surface area contributed by atoms with E-state index in [0.717, 1.165) is 12.8 Å². The molecule has 0 aliphatic carbocycles. The zero-order valence-corrected chi connectivity index (χ0v) is 14.2. The summed E-state index contributed by atoms with van der Waals surface area (Å²) in [5.74, 6) is -0.871. The van der Waals surface area contributed by atoms with Gasteiger partial charge in [0.1, 0.15) is 11.3 Å². The van der Waals surface area contributed by atoms with Crippen LogP contribution in [0.1, 0.15) is 67.2 Å². The number of carbonyl (C=O) groups excluding carboxylic acids is 1. The number of likely N-dealkylation sites (tertiary alicyclic amines) is 1. The van der Waals surface area contributed by atoms with Crippen molar-refractivity contribution in [1.82, 2.24) is 4.90 Å². The Morgan fingerprint density at radius 2 is 1.96 bits per heavy atom. The second-order valence-electron chi connectivity index (χ2n) is 6.83. The van der Waals surface area contributed by atoms with Gasteiger partial charge in [-0.05, 0) is 33.6 Å². The molecule has 0 spiro atoms. The fraction of sp³-hybridized carbons (Fsp3) is 0.647. The van der Waals surface area contributed by atoms with Crippen molar-refractivity contribution in [3.63, 3.8) is 0 Å². The summed E-state index contributed by atoms with van der Waals surface area (Å²) in [4.78, 5) is 25.4. The molecule has 6 heteroatoms. The highest BCUT2D eigenvalue weighted by Crippen LogP contribution is 2.23. The summed E-state index contributed by atoms with van der Waals surface area (Å²) in [6.45, 7) is 9.04. The summed E-state index contributed by atoms with van der Waals surface area (Å²) >= 11 is 0. The molecule has 6 nitrogen and oxygen atoms in total. The summed E-state index contributed by atoms with van der Waals surface area (Å²) in [6.07, 6.45) is 2.14. The molecular formula is C17H25NO5. The van der Waals surface area contributed by atoms with Gasteiger partial charge in [-0.15, -0.1) is 0 Å². The van der Waals surface area contributed by atoms with E-state index in [0.29, 0.717) is 25.3 Å². The number of ether oxygens (including phenoxy) is 1. The van der Waals surface area contributed by atoms with Crippen molar-refractivity contribution < 1.29 is 23.8 Å². The molecule has 1 aliphatic rings. The van der Waals surface area contributed by atoms with Crippen molar-refractivity contribution in [3.05, 3.63) is 23.2 Å². The van der Waals surface area contributed by atoms with Gasteiger partial charge in [-0.1, -0.05) is 6.92 Å². The van der Waals surface area contributed by atoms with Crippen LogP contribution in [0.2, 0.25) is 0 Å². The molecular weight excluding hydrogens is 298 g/mol. The van der Waals surface area contributed by atoms with Crippen LogP contribution in [0.25, 0.3) is 0 Å². The highest BCUT2D eigenvalue weighted by molar-refractivity contribution is 5.96. The third-order valence-electron chi connectivity index (χ3n) is 3.82. The molecule has 1 amide bonds. The van der Waals surface area contributed by atoms with Gasteiger partial charge >= 0.3 is 5.97 Å². The summed E-state index contributed by atoms with van der Waals surface area (Å²) in [5.41, 5.74) is -0.119. The van der Waals surface area contributed by atoms with Crippen molar-refractivity contribution >= 4 is 11.9 Å². The Balaban J connectivity index is 2.01. The number of furan rings is 1. The maximum absolute atomic E-state index is 12.5. The molecule has 1 saturated heterocycles. The number of hydrogen-bond donors (Lipinski definition) is 1. The van der Waals surface area contributed by atoms with E-state index in [4.69, 9.17) is 14.3 Å². The van der Waals surface area contributed by atoms with Gasteiger partial charge in [0.25, 0.3) is 5.91 Å². The lowest BCUT2D eigenvalue weighted by Crippen LogP contribution is -2.42. The van der Waals surface area contributed by atoms with E-state index >= 15 is 0 Å². The molecule has 2 heterocycles. The minimum atomic E-state index is -1.07. The van der Waals surface area contributed by atoms with Gasteiger partial charge in [0.05, 0.1) is 11.7 Å². The van der Waals surface area contributed by atoms with Gasteiger partial charge in [-0.25, -0.2) is 4.79 Å². The molecule has 1 fully saturated rings. The van der Waals surface area contributed by atoms with Crippen LogP contribution in [0.4, 0.5) is 0 Å². The molecule has 1 aromatic heterocycles. The largest absolute Gasteiger partial charge is 0.478 e. The first kappa shape index (κ1) is 17.5. The zero-order chi connectivity index (χ0) is 17.2. The number of piperidine rings is 1. The molecule has 1 N–H and O–H groups in total. The molecule has 0 atom stereocenters. The number of amides is 1. The fourth-order valence-electron chi connectivity index (χ4n) is 2.81. The Morgan fingerprint density at radius 3 is 2.39 bits per heavy atom. The molecule has 0 bridgehead atoms. The van der Waals surface area contributed by atoms with Crippen LogP contribution in [-0.2, 0) is 11.2 Å². The van der Waals surface area contributed by atoms with Crippen LogP contribution in [0, 0.1) is 0 Å². The van der Waals surface area contributed by atoms with Gasteiger partial charge in [0.2, 0.25) is 0 Å². The Kier molecular flexibility index (Phi) is 5.14. The quantitative estimate of drug-likeness (QED) is 0.921. The molecule has 0 aromatic carbocycles. The van der Waals surface area contributed by atoms with Crippen LogP contribution in [0.3, 0.4) is 0 Å². The van der Waals surface area contributed by atoms with Gasteiger partial charge in [-0.2, -0.15) is 0 Å². The minimum Gasteiger partial charge on any atom is -0.478 e. The van der Waals surface area contributed by atoms with Crippen LogP contribution < -0.4 is 0 Å². The van der Waals surface area contributed by atoms with Crippen molar-refractivity contribution in [2.24, 2.45) is 0 Å². The summed E-state index contributed by atoms with van der Waals surface area (Å²) in [5, 5.41) is 9.14. The number of rotatable bonds is 4. The van der Waals surface area contributed by atoms with Crippen molar-refractivity contribution in [2.75, 3.05) is 13.1 Å². The van der Waals surface area contributed by atoms with Crippen molar-refractivity contribution in [2.45, 2.75) is 58.7 Å². The maximum Gasteiger partial charge on any atom is 0.339 e. The van der Waals surface area contributed by atoms with Gasteiger partial charge in [0, 0.05) is 25.6 Å². The highest BCUT2D eigenvalue weighted by Gasteiger charge is 2.29. The van der Waals surface area contributed by atoms with Crippen LogP contribution >= 0.6 is 0 Å². The Labute approximate surface area is 136 Å². The molecule has 128 valence electrons. The first-order valence-electron chi connectivity index (χ1n) is 8.04. The second-order valence-corrected chi connectivity index (χ2v) is 6.83. The molecule has 2 rings (SSSR count). The number of aryl methyl sites for hydroxylation is 1. The third kappa shape index (κ3) is 4.34. The number of carboxylic acids is 1. The predicted octanol–water partition coefficient (Wildman–Crippen LogP) is 2.96. The van der Waals surface area contributed by atoms with Gasteiger partial charge in [-0.3, -0.25) is 4.79 Å². The standard InChI is InChI=1S/C17H25NO5/c1-5-13-12(16(20)21)10-14(22-13)15(19)18-8-6-11(7-9-18)23-17(2,3)4/h10-11H,5-9H2,1-4H3,(H,20,21). The highest BCUT2D eigenvalue weighted by atomic mass is 16.5. The van der Waals surface area contributed by atoms with Gasteiger partial charge in [0.15, 0.2) is 5.76 Å². The molecule has 0 radical (unpaired) electrons. The van der Waals surface area contributed by atoms with E-state index in [9.17, 15) is 9.59 Å². The van der Waals surface area contributed by atoms with Gasteiger partial charge < -0.3 is 19.2 Å². The van der Waals surface area contributed by atoms with E-state index in [1.165, 1.54) is 6.07 Å². The Morgan fingerprint density at radius 1 is 1.35 bits per heavy atom. The number of aromatic carboxylic acids is 1. The van der Waals surface area contributed by atoms with Crippen LogP contribution in [0.15, 0.2) is 10.5 Å². The smallest absolute Gasteiger partial charge is 0.339 e. The molecule has 1 aromatic rings. The lowest BCUT2D eigenvalue weighted by molar-refractivity contribution is -0.0792. The normalized spacial score (nSPS) is 16.6. The Hall–Kier alpha value is -1.82. The average Bonchev–Trinajstić information content (AvgIpc) is 2.90. The lowest BCUT2D eigenvalue weighted by atomic mass is 10.1. The second kappa shape index (κ2) is 6.74. The Bertz CT molecular complexity index is 576. The number of carboxylic acid groups (broad SMARTS) is 1. The topological polar surface area (TPSA) is 80.0 Å². The third-order valence-corrected chi connectivity index (χ3v) is 3.82. The number of carbonyl (C=O) groups is 2. The monoisotopic (exact) mass is 323 g/mol. The van der Waals surface area contributed by atoms with E-state index in [-0.39, 0.29) is 28.9 Å². The first-order chi connectivity index (χ1) is 10.7. The van der Waals surface area contributed by atoms with Crippen molar-refractivity contribution in [3.8, 4) is 0 Å². The molecule has 23 heavy (non-hydrogen) atoms. The summed E-state index contributed by atoms with van der Waals surface area (Å²) in [7, 11) is 0. The van der Waals surface area contributed by atoms with E-state index in [2.05, 4.69) is 0 Å². The van der Waals surface area contributed by atoms with E-state index < -0.39 is 5.97 Å². The molecule has 0 unspecified atom stereocenters. The fourth-order valence-corrected chi connectivity index (χ4v) is 2.81. The molecule has 1 aliphatic heterocycles. The summed E-state index contributed by atoms with van der Waals surface area (Å²) in [6, 6.07) is 1.33. The summed E-state index contributed by atoms with van der Waals surface area (Å²) < 4.78 is 11.4.